The predicted molar refractivity (Wildman–Crippen MR) is 40.2 cm³/mol. The van der Waals surface area contributed by atoms with Crippen molar-refractivity contribution in [3.63, 3.8) is 0 Å². The molecule has 0 saturated carbocycles. The van der Waals surface area contributed by atoms with Crippen molar-refractivity contribution in [2.75, 3.05) is 0 Å². The molecule has 0 unspecified atom stereocenters. The van der Waals surface area contributed by atoms with Crippen molar-refractivity contribution >= 4 is 34.4 Å². The summed E-state index contributed by atoms with van der Waals surface area (Å²) in [5.74, 6) is 0. The van der Waals surface area contributed by atoms with Crippen LogP contribution in [0.25, 0.3) is 11.0 Å². The molecule has 0 spiro atoms. The molecule has 2 aromatic rings. The summed E-state index contributed by atoms with van der Waals surface area (Å²) >= 11 is 6.88. The fourth-order valence-electron chi connectivity index (χ4n) is 0.680. The molecule has 0 aliphatic heterocycles. The van der Waals surface area contributed by atoms with Crippen molar-refractivity contribution in [2.45, 2.75) is 0 Å². The van der Waals surface area contributed by atoms with Crippen molar-refractivity contribution in [1.29, 1.82) is 0 Å². The van der Waals surface area contributed by atoms with Gasteiger partial charge in [0, 0.05) is 6.20 Å². The maximum Gasteiger partial charge on any atom is 0.126 e. The molecule has 2 aromatic heterocycles. The van der Waals surface area contributed by atoms with E-state index < -0.39 is 0 Å². The van der Waals surface area contributed by atoms with Crippen molar-refractivity contribution < 1.29 is 0 Å². The highest BCUT2D eigenvalue weighted by atomic mass is 35.5. The molecular formula is C5H2ClN3S. The van der Waals surface area contributed by atoms with E-state index in [1.807, 2.05) is 0 Å². The average molecular weight is 172 g/mol. The van der Waals surface area contributed by atoms with Gasteiger partial charge in [0.2, 0.25) is 0 Å². The topological polar surface area (TPSA) is 38.7 Å². The Kier molecular flexibility index (Phi) is 1.28. The predicted octanol–water partition coefficient (Wildman–Crippen LogP) is 1.74. The van der Waals surface area contributed by atoms with E-state index in [0.717, 1.165) is 22.8 Å². The van der Waals surface area contributed by atoms with Crippen LogP contribution in [0.3, 0.4) is 0 Å². The molecule has 50 valence electrons. The lowest BCUT2D eigenvalue weighted by molar-refractivity contribution is 1.35. The van der Waals surface area contributed by atoms with Gasteiger partial charge in [-0.1, -0.05) is 11.6 Å². The second-order valence-electron chi connectivity index (χ2n) is 1.75. The van der Waals surface area contributed by atoms with Crippen LogP contribution in [-0.2, 0) is 0 Å². The maximum absolute atomic E-state index is 5.74. The molecule has 0 bridgehead atoms. The van der Waals surface area contributed by atoms with Crippen molar-refractivity contribution in [3.8, 4) is 0 Å². The van der Waals surface area contributed by atoms with Gasteiger partial charge in [0.25, 0.3) is 0 Å². The first-order valence-corrected chi connectivity index (χ1v) is 3.70. The summed E-state index contributed by atoms with van der Waals surface area (Å²) in [7, 11) is 0. The molecule has 10 heavy (non-hydrogen) atoms. The summed E-state index contributed by atoms with van der Waals surface area (Å²) in [5, 5.41) is 0.561. The van der Waals surface area contributed by atoms with Gasteiger partial charge in [-0.2, -0.15) is 8.75 Å². The lowest BCUT2D eigenvalue weighted by Crippen LogP contribution is -1.73. The van der Waals surface area contributed by atoms with Gasteiger partial charge in [0.15, 0.2) is 0 Å². The minimum Gasteiger partial charge on any atom is -0.261 e. The summed E-state index contributed by atoms with van der Waals surface area (Å²) in [6, 6.07) is 0. The van der Waals surface area contributed by atoms with E-state index in [2.05, 4.69) is 13.7 Å². The second-order valence-corrected chi connectivity index (χ2v) is 2.69. The van der Waals surface area contributed by atoms with Gasteiger partial charge in [-0.3, -0.25) is 4.98 Å². The highest BCUT2D eigenvalue weighted by Crippen LogP contribution is 2.18. The molecule has 0 aliphatic carbocycles. The van der Waals surface area contributed by atoms with E-state index in [4.69, 9.17) is 11.6 Å². The van der Waals surface area contributed by atoms with Crippen LogP contribution in [0.1, 0.15) is 0 Å². The zero-order valence-corrected chi connectivity index (χ0v) is 6.35. The number of hydrogen-bond donors (Lipinski definition) is 0. The smallest absolute Gasteiger partial charge is 0.126 e. The van der Waals surface area contributed by atoms with E-state index in [-0.39, 0.29) is 0 Å². The zero-order chi connectivity index (χ0) is 6.97. The van der Waals surface area contributed by atoms with Gasteiger partial charge < -0.3 is 0 Å². The molecule has 0 aromatic carbocycles. The molecule has 2 heterocycles. The standard InChI is InChI=1S/C5H2ClN3S/c6-3-1-7-2-4-5(3)9-10-8-4/h1-2H. The molecule has 0 amide bonds. The van der Waals surface area contributed by atoms with E-state index >= 15 is 0 Å². The van der Waals surface area contributed by atoms with Gasteiger partial charge in [0.1, 0.15) is 11.0 Å². The second kappa shape index (κ2) is 2.14. The molecular weight excluding hydrogens is 170 g/mol. The summed E-state index contributed by atoms with van der Waals surface area (Å²) < 4.78 is 7.94. The molecule has 0 N–H and O–H groups in total. The van der Waals surface area contributed by atoms with E-state index in [0.29, 0.717) is 5.02 Å². The van der Waals surface area contributed by atoms with Crippen LogP contribution in [0, 0.1) is 0 Å². The van der Waals surface area contributed by atoms with Gasteiger partial charge in [-0.05, 0) is 0 Å². The minimum atomic E-state index is 0.561. The highest BCUT2D eigenvalue weighted by molar-refractivity contribution is 7.00. The fraction of sp³-hybridized carbons (Fsp3) is 0. The van der Waals surface area contributed by atoms with Crippen LogP contribution >= 0.6 is 23.3 Å². The van der Waals surface area contributed by atoms with Crippen molar-refractivity contribution in [2.24, 2.45) is 0 Å². The molecule has 0 saturated heterocycles. The Morgan fingerprint density at radius 1 is 1.30 bits per heavy atom. The van der Waals surface area contributed by atoms with E-state index in [1.165, 1.54) is 0 Å². The number of rotatable bonds is 0. The number of aromatic nitrogens is 3. The Balaban J connectivity index is 2.95. The van der Waals surface area contributed by atoms with Crippen molar-refractivity contribution in [3.05, 3.63) is 17.4 Å². The average Bonchev–Trinajstić information content (AvgIpc) is 2.36. The Bertz CT molecular complexity index is 358. The summed E-state index contributed by atoms with van der Waals surface area (Å²) in [6.45, 7) is 0. The number of nitrogens with zero attached hydrogens (tertiary/aromatic N) is 3. The van der Waals surface area contributed by atoms with Gasteiger partial charge in [-0.25, -0.2) is 0 Å². The first-order valence-electron chi connectivity index (χ1n) is 2.60. The van der Waals surface area contributed by atoms with Crippen LogP contribution in [0.15, 0.2) is 12.4 Å². The minimum absolute atomic E-state index is 0.561. The summed E-state index contributed by atoms with van der Waals surface area (Å²) in [5.41, 5.74) is 1.50. The zero-order valence-electron chi connectivity index (χ0n) is 4.78. The molecule has 5 heteroatoms. The third-order valence-corrected chi connectivity index (χ3v) is 1.94. The molecule has 0 atom stereocenters. The Hall–Kier alpha value is -0.740. The number of hydrogen-bond acceptors (Lipinski definition) is 4. The molecule has 2 rings (SSSR count). The molecule has 0 aliphatic rings. The van der Waals surface area contributed by atoms with Crippen LogP contribution in [0.2, 0.25) is 5.02 Å². The third-order valence-electron chi connectivity index (χ3n) is 1.12. The highest BCUT2D eigenvalue weighted by Gasteiger charge is 2.00. The van der Waals surface area contributed by atoms with Crippen molar-refractivity contribution in [1.82, 2.24) is 13.7 Å². The van der Waals surface area contributed by atoms with Gasteiger partial charge in [-0.15, -0.1) is 0 Å². The van der Waals surface area contributed by atoms with Crippen LogP contribution in [-0.4, -0.2) is 13.7 Å². The lowest BCUT2D eigenvalue weighted by atomic mass is 10.4. The van der Waals surface area contributed by atoms with Crippen LogP contribution in [0.4, 0.5) is 0 Å². The number of fused-ring (bicyclic) bond motifs is 1. The van der Waals surface area contributed by atoms with Crippen LogP contribution < -0.4 is 0 Å². The quantitative estimate of drug-likeness (QED) is 0.606. The first-order chi connectivity index (χ1) is 4.88. The fourth-order valence-corrected chi connectivity index (χ4v) is 1.46. The SMILES string of the molecule is Clc1cncc2nsnc12. The Morgan fingerprint density at radius 2 is 2.20 bits per heavy atom. The third kappa shape index (κ3) is 0.767. The molecule has 0 fully saturated rings. The van der Waals surface area contributed by atoms with Gasteiger partial charge in [0.05, 0.1) is 22.9 Å². The Labute approximate surface area is 66.0 Å². The van der Waals surface area contributed by atoms with E-state index in [1.54, 1.807) is 12.4 Å². The maximum atomic E-state index is 5.74. The van der Waals surface area contributed by atoms with E-state index in [9.17, 15) is 0 Å². The molecule has 3 nitrogen and oxygen atoms in total. The summed E-state index contributed by atoms with van der Waals surface area (Å²) in [6.07, 6.45) is 3.20. The normalized spacial score (nSPS) is 10.5. The summed E-state index contributed by atoms with van der Waals surface area (Å²) in [4.78, 5) is 3.86. The largest absolute Gasteiger partial charge is 0.261 e. The van der Waals surface area contributed by atoms with Crippen LogP contribution in [0.5, 0.6) is 0 Å². The monoisotopic (exact) mass is 171 g/mol. The van der Waals surface area contributed by atoms with Gasteiger partial charge >= 0.3 is 0 Å². The Morgan fingerprint density at radius 3 is 3.00 bits per heavy atom. The number of halogens is 1. The first kappa shape index (κ1) is 6.00. The lowest BCUT2D eigenvalue weighted by Gasteiger charge is -1.85. The number of pyridine rings is 1. The molecule has 0 radical (unpaired) electrons.